The van der Waals surface area contributed by atoms with Crippen LogP contribution >= 0.6 is 11.3 Å². The van der Waals surface area contributed by atoms with Crippen LogP contribution in [0.1, 0.15) is 47.3 Å². The summed E-state index contributed by atoms with van der Waals surface area (Å²) in [7, 11) is 3.32. The quantitative estimate of drug-likeness (QED) is 0.686. The minimum atomic E-state index is -0.0179. The van der Waals surface area contributed by atoms with E-state index in [1.165, 1.54) is 11.3 Å². The van der Waals surface area contributed by atoms with Gasteiger partial charge in [-0.1, -0.05) is 6.92 Å². The fraction of sp³-hybridized carbons (Fsp3) is 0.667. The molecular formula is C15H24N2O3S. The third-order valence-corrected chi connectivity index (χ3v) is 4.94. The highest BCUT2D eigenvalue weighted by Crippen LogP contribution is 2.51. The van der Waals surface area contributed by atoms with E-state index in [0.717, 1.165) is 23.4 Å². The van der Waals surface area contributed by atoms with Gasteiger partial charge in [0.05, 0.1) is 28.3 Å². The lowest BCUT2D eigenvalue weighted by atomic mass is 10.1. The molecule has 0 saturated heterocycles. The largest absolute Gasteiger partial charge is 0.397 e. The number of nitrogens with two attached hydrogens (primary N) is 1. The number of anilines is 2. The minimum absolute atomic E-state index is 0.0179. The smallest absolute Gasteiger partial charge is 0.174 e. The second kappa shape index (κ2) is 7.24. The number of thiophene rings is 1. The summed E-state index contributed by atoms with van der Waals surface area (Å²) in [5.74, 6) is 0.623. The standard InChI is InChI=1S/C15H24N2O3S/c1-4-11(18)14-13(16)12(9-5-6-9)15(21-14)17-7-10(20-3)8-19-2/h9-10,17H,4-8,16H2,1-3H3. The van der Waals surface area contributed by atoms with E-state index in [2.05, 4.69) is 5.32 Å². The van der Waals surface area contributed by atoms with Crippen LogP contribution in [-0.4, -0.2) is 39.3 Å². The van der Waals surface area contributed by atoms with Crippen LogP contribution in [0.4, 0.5) is 10.7 Å². The van der Waals surface area contributed by atoms with Gasteiger partial charge in [0.15, 0.2) is 5.78 Å². The van der Waals surface area contributed by atoms with Gasteiger partial charge >= 0.3 is 0 Å². The summed E-state index contributed by atoms with van der Waals surface area (Å²) in [6.07, 6.45) is 2.77. The molecule has 0 aliphatic heterocycles. The van der Waals surface area contributed by atoms with Crippen molar-refractivity contribution in [2.75, 3.05) is 38.4 Å². The molecule has 1 heterocycles. The summed E-state index contributed by atoms with van der Waals surface area (Å²) in [6.45, 7) is 3.04. The number of carbonyl (C=O) groups is 1. The Labute approximate surface area is 129 Å². The van der Waals surface area contributed by atoms with Crippen molar-refractivity contribution in [2.45, 2.75) is 38.2 Å². The van der Waals surface area contributed by atoms with Crippen molar-refractivity contribution in [3.05, 3.63) is 10.4 Å². The summed E-state index contributed by atoms with van der Waals surface area (Å²) < 4.78 is 10.5. The number of rotatable bonds is 9. The molecule has 0 radical (unpaired) electrons. The maximum atomic E-state index is 12.0. The topological polar surface area (TPSA) is 73.6 Å². The molecule has 6 heteroatoms. The van der Waals surface area contributed by atoms with Gasteiger partial charge in [-0.05, 0) is 18.8 Å². The number of carbonyl (C=O) groups excluding carboxylic acids is 1. The van der Waals surface area contributed by atoms with Crippen molar-refractivity contribution in [3.63, 3.8) is 0 Å². The Morgan fingerprint density at radius 2 is 2.19 bits per heavy atom. The van der Waals surface area contributed by atoms with Crippen LogP contribution in [0.15, 0.2) is 0 Å². The predicted molar refractivity (Wildman–Crippen MR) is 86.5 cm³/mol. The molecule has 1 atom stereocenters. The van der Waals surface area contributed by atoms with Gasteiger partial charge in [0, 0.05) is 32.7 Å². The number of nitrogen functional groups attached to an aromatic ring is 1. The van der Waals surface area contributed by atoms with E-state index in [1.807, 2.05) is 6.92 Å². The molecule has 1 aliphatic rings. The SMILES string of the molecule is CCC(=O)c1sc(NCC(COC)OC)c(C2CC2)c1N. The van der Waals surface area contributed by atoms with Gasteiger partial charge in [-0.3, -0.25) is 4.79 Å². The number of ether oxygens (including phenoxy) is 2. The molecule has 0 bridgehead atoms. The normalized spacial score (nSPS) is 16.0. The highest BCUT2D eigenvalue weighted by Gasteiger charge is 2.32. The zero-order valence-corrected chi connectivity index (χ0v) is 13.7. The lowest BCUT2D eigenvalue weighted by Crippen LogP contribution is -2.26. The first-order valence-electron chi connectivity index (χ1n) is 7.33. The summed E-state index contributed by atoms with van der Waals surface area (Å²) in [6, 6.07) is 0. The average Bonchev–Trinajstić information content (AvgIpc) is 3.27. The van der Waals surface area contributed by atoms with Gasteiger partial charge in [0.25, 0.3) is 0 Å². The molecule has 2 rings (SSSR count). The number of ketones is 1. The second-order valence-electron chi connectivity index (χ2n) is 5.33. The van der Waals surface area contributed by atoms with Crippen LogP contribution in [0.3, 0.4) is 0 Å². The maximum absolute atomic E-state index is 12.0. The van der Waals surface area contributed by atoms with Crippen molar-refractivity contribution >= 4 is 27.8 Å². The van der Waals surface area contributed by atoms with Gasteiger partial charge in [0.1, 0.15) is 0 Å². The highest BCUT2D eigenvalue weighted by molar-refractivity contribution is 7.18. The molecule has 5 nitrogen and oxygen atoms in total. The van der Waals surface area contributed by atoms with E-state index in [-0.39, 0.29) is 11.9 Å². The third-order valence-electron chi connectivity index (χ3n) is 3.72. The summed E-state index contributed by atoms with van der Waals surface area (Å²) in [4.78, 5) is 12.7. The van der Waals surface area contributed by atoms with Crippen molar-refractivity contribution in [3.8, 4) is 0 Å². The second-order valence-corrected chi connectivity index (χ2v) is 6.35. The van der Waals surface area contributed by atoms with E-state index in [1.54, 1.807) is 14.2 Å². The summed E-state index contributed by atoms with van der Waals surface area (Å²) in [5.41, 5.74) is 8.02. The van der Waals surface area contributed by atoms with Crippen molar-refractivity contribution in [1.29, 1.82) is 0 Å². The molecule has 1 aromatic heterocycles. The Bertz CT molecular complexity index is 497. The molecule has 1 saturated carbocycles. The molecule has 0 amide bonds. The van der Waals surface area contributed by atoms with E-state index in [9.17, 15) is 4.79 Å². The number of methoxy groups -OCH3 is 2. The predicted octanol–water partition coefficient (Wildman–Crippen LogP) is 2.87. The van der Waals surface area contributed by atoms with Crippen LogP contribution in [0.25, 0.3) is 0 Å². The molecule has 1 aromatic rings. The van der Waals surface area contributed by atoms with Crippen molar-refractivity contribution < 1.29 is 14.3 Å². The Balaban J connectivity index is 2.16. The molecule has 21 heavy (non-hydrogen) atoms. The van der Waals surface area contributed by atoms with Crippen molar-refractivity contribution in [2.24, 2.45) is 0 Å². The van der Waals surface area contributed by atoms with E-state index in [4.69, 9.17) is 15.2 Å². The van der Waals surface area contributed by atoms with Crippen LogP contribution < -0.4 is 11.1 Å². The van der Waals surface area contributed by atoms with Crippen LogP contribution in [0.5, 0.6) is 0 Å². The average molecular weight is 312 g/mol. The molecular weight excluding hydrogens is 288 g/mol. The maximum Gasteiger partial charge on any atom is 0.174 e. The molecule has 0 aromatic carbocycles. The van der Waals surface area contributed by atoms with Gasteiger partial charge < -0.3 is 20.5 Å². The number of nitrogens with one attached hydrogen (secondary N) is 1. The fourth-order valence-electron chi connectivity index (χ4n) is 2.34. The van der Waals surface area contributed by atoms with E-state index >= 15 is 0 Å². The number of hydrogen-bond donors (Lipinski definition) is 2. The molecule has 3 N–H and O–H groups in total. The molecule has 1 fully saturated rings. The Kier molecular flexibility index (Phi) is 5.61. The summed E-state index contributed by atoms with van der Waals surface area (Å²) in [5, 5.41) is 4.41. The van der Waals surface area contributed by atoms with Crippen LogP contribution in [0, 0.1) is 0 Å². The monoisotopic (exact) mass is 312 g/mol. The first-order valence-corrected chi connectivity index (χ1v) is 8.14. The van der Waals surface area contributed by atoms with Gasteiger partial charge in [-0.2, -0.15) is 0 Å². The lowest BCUT2D eigenvalue weighted by Gasteiger charge is -2.15. The minimum Gasteiger partial charge on any atom is -0.397 e. The van der Waals surface area contributed by atoms with Gasteiger partial charge in [-0.15, -0.1) is 11.3 Å². The lowest BCUT2D eigenvalue weighted by molar-refractivity contribution is 0.0366. The van der Waals surface area contributed by atoms with Crippen LogP contribution in [0.2, 0.25) is 0 Å². The molecule has 0 spiro atoms. The van der Waals surface area contributed by atoms with Gasteiger partial charge in [-0.25, -0.2) is 0 Å². The van der Waals surface area contributed by atoms with Crippen molar-refractivity contribution in [1.82, 2.24) is 0 Å². The first-order chi connectivity index (χ1) is 10.1. The Hall–Kier alpha value is -1.11. The zero-order valence-electron chi connectivity index (χ0n) is 12.9. The Morgan fingerprint density at radius 1 is 1.48 bits per heavy atom. The fourth-order valence-corrected chi connectivity index (χ4v) is 3.56. The highest BCUT2D eigenvalue weighted by atomic mass is 32.1. The number of hydrogen-bond acceptors (Lipinski definition) is 6. The summed E-state index contributed by atoms with van der Waals surface area (Å²) >= 11 is 1.48. The third kappa shape index (κ3) is 3.75. The first kappa shape index (κ1) is 16.3. The zero-order chi connectivity index (χ0) is 15.4. The van der Waals surface area contributed by atoms with Gasteiger partial charge in [0.2, 0.25) is 0 Å². The number of Topliss-reactive ketones (excluding diaryl/α,β-unsaturated/α-hetero) is 1. The van der Waals surface area contributed by atoms with E-state index < -0.39 is 0 Å². The van der Waals surface area contributed by atoms with E-state index in [0.29, 0.717) is 36.1 Å². The molecule has 1 unspecified atom stereocenters. The van der Waals surface area contributed by atoms with Crippen LogP contribution in [-0.2, 0) is 9.47 Å². The molecule has 1 aliphatic carbocycles. The Morgan fingerprint density at radius 3 is 2.71 bits per heavy atom. The molecule has 118 valence electrons.